The van der Waals surface area contributed by atoms with Gasteiger partial charge in [-0.25, -0.2) is 9.97 Å². The van der Waals surface area contributed by atoms with E-state index in [0.717, 1.165) is 11.3 Å². The summed E-state index contributed by atoms with van der Waals surface area (Å²) in [7, 11) is 0. The van der Waals surface area contributed by atoms with Crippen molar-refractivity contribution in [3.63, 3.8) is 0 Å². The molecule has 1 aromatic heterocycles. The van der Waals surface area contributed by atoms with E-state index in [2.05, 4.69) is 26.7 Å². The van der Waals surface area contributed by atoms with Gasteiger partial charge in [0.1, 0.15) is 0 Å². The molecule has 0 unspecified atom stereocenters. The van der Waals surface area contributed by atoms with E-state index in [9.17, 15) is 4.79 Å². The van der Waals surface area contributed by atoms with Gasteiger partial charge in [-0.2, -0.15) is 0 Å². The van der Waals surface area contributed by atoms with Gasteiger partial charge in [0.05, 0.1) is 16.3 Å². The van der Waals surface area contributed by atoms with Crippen molar-refractivity contribution in [2.24, 2.45) is 0 Å². The molecule has 0 saturated carbocycles. The summed E-state index contributed by atoms with van der Waals surface area (Å²) < 4.78 is 0. The van der Waals surface area contributed by atoms with Crippen molar-refractivity contribution < 1.29 is 4.79 Å². The summed E-state index contributed by atoms with van der Waals surface area (Å²) in [5, 5.41) is 6.71. The van der Waals surface area contributed by atoms with Crippen LogP contribution in [0.15, 0.2) is 48.8 Å². The first-order valence-corrected chi connectivity index (χ1v) is 8.61. The number of benzene rings is 2. The molecule has 2 aromatic carbocycles. The zero-order valence-corrected chi connectivity index (χ0v) is 15.7. The summed E-state index contributed by atoms with van der Waals surface area (Å²) in [4.78, 5) is 20.7. The van der Waals surface area contributed by atoms with Gasteiger partial charge in [-0.15, -0.1) is 0 Å². The van der Waals surface area contributed by atoms with Crippen LogP contribution < -0.4 is 10.6 Å². The summed E-state index contributed by atoms with van der Waals surface area (Å²) in [5.41, 5.74) is 3.98. The Bertz CT molecular complexity index is 958. The molecule has 5 nitrogen and oxygen atoms in total. The van der Waals surface area contributed by atoms with Crippen molar-refractivity contribution in [1.82, 2.24) is 9.97 Å². The third-order valence-electron chi connectivity index (χ3n) is 3.72. The Hall–Kier alpha value is -2.63. The molecule has 3 aromatic rings. The zero-order chi connectivity index (χ0) is 18.7. The molecule has 0 aliphatic heterocycles. The van der Waals surface area contributed by atoms with Crippen LogP contribution in [0.3, 0.4) is 0 Å². The highest BCUT2D eigenvalue weighted by atomic mass is 35.5. The standard InChI is InChI=1S/C19H16Cl2N4O/c1-11-3-5-16(12(2)7-11)25-19-22-9-13(10-23-19)18(26)24-17-6-4-14(20)8-15(17)21/h3-10H,1-2H3,(H,24,26)(H,22,23,25). The van der Waals surface area contributed by atoms with Gasteiger partial charge in [-0.1, -0.05) is 40.9 Å². The largest absolute Gasteiger partial charge is 0.324 e. The molecule has 0 bridgehead atoms. The third-order valence-corrected chi connectivity index (χ3v) is 4.27. The second-order valence-corrected chi connectivity index (χ2v) is 6.66. The molecule has 132 valence electrons. The predicted octanol–water partition coefficient (Wildman–Crippen LogP) is 5.40. The first-order valence-electron chi connectivity index (χ1n) is 7.85. The van der Waals surface area contributed by atoms with Gasteiger partial charge in [0.25, 0.3) is 5.91 Å². The van der Waals surface area contributed by atoms with Crippen LogP contribution >= 0.6 is 23.2 Å². The lowest BCUT2D eigenvalue weighted by Gasteiger charge is -2.10. The van der Waals surface area contributed by atoms with E-state index < -0.39 is 0 Å². The van der Waals surface area contributed by atoms with Crippen molar-refractivity contribution in [2.75, 3.05) is 10.6 Å². The smallest absolute Gasteiger partial charge is 0.258 e. The van der Waals surface area contributed by atoms with Crippen LogP contribution in [0.2, 0.25) is 10.0 Å². The molecule has 3 rings (SSSR count). The fraction of sp³-hybridized carbons (Fsp3) is 0.105. The van der Waals surface area contributed by atoms with Crippen LogP contribution in [0.5, 0.6) is 0 Å². The first kappa shape index (κ1) is 18.2. The lowest BCUT2D eigenvalue weighted by molar-refractivity contribution is 0.102. The number of carbonyl (C=O) groups is 1. The molecular formula is C19H16Cl2N4O. The number of hydrogen-bond acceptors (Lipinski definition) is 4. The van der Waals surface area contributed by atoms with Gasteiger partial charge in [0, 0.05) is 23.1 Å². The molecule has 0 fully saturated rings. The number of amides is 1. The second-order valence-electron chi connectivity index (χ2n) is 5.82. The number of anilines is 3. The lowest BCUT2D eigenvalue weighted by Crippen LogP contribution is -2.13. The summed E-state index contributed by atoms with van der Waals surface area (Å²) in [5.74, 6) is 0.0605. The summed E-state index contributed by atoms with van der Waals surface area (Å²) in [6.45, 7) is 4.04. The van der Waals surface area contributed by atoms with E-state index in [1.807, 2.05) is 26.0 Å². The number of hydrogen-bond donors (Lipinski definition) is 2. The van der Waals surface area contributed by atoms with Gasteiger partial charge in [-0.3, -0.25) is 4.79 Å². The number of nitrogens with one attached hydrogen (secondary N) is 2. The van der Waals surface area contributed by atoms with Crippen LogP contribution in [-0.4, -0.2) is 15.9 Å². The molecule has 26 heavy (non-hydrogen) atoms. The Morgan fingerprint density at radius 3 is 2.31 bits per heavy atom. The maximum atomic E-state index is 12.3. The lowest BCUT2D eigenvalue weighted by atomic mass is 10.1. The van der Waals surface area contributed by atoms with Crippen molar-refractivity contribution in [3.05, 3.63) is 75.5 Å². The number of nitrogens with zero attached hydrogens (tertiary/aromatic N) is 2. The van der Waals surface area contributed by atoms with Gasteiger partial charge in [-0.05, 0) is 43.7 Å². The summed E-state index contributed by atoms with van der Waals surface area (Å²) >= 11 is 11.9. The Morgan fingerprint density at radius 2 is 1.65 bits per heavy atom. The SMILES string of the molecule is Cc1ccc(Nc2ncc(C(=O)Nc3ccc(Cl)cc3Cl)cn2)c(C)c1. The van der Waals surface area contributed by atoms with Crippen molar-refractivity contribution in [3.8, 4) is 0 Å². The number of carbonyl (C=O) groups excluding carboxylic acids is 1. The number of rotatable bonds is 4. The van der Waals surface area contributed by atoms with Crippen LogP contribution in [0, 0.1) is 13.8 Å². The van der Waals surface area contributed by atoms with E-state index in [4.69, 9.17) is 23.2 Å². The molecule has 2 N–H and O–H groups in total. The number of aromatic nitrogens is 2. The topological polar surface area (TPSA) is 66.9 Å². The maximum Gasteiger partial charge on any atom is 0.258 e. The second kappa shape index (κ2) is 7.72. The van der Waals surface area contributed by atoms with Crippen molar-refractivity contribution in [2.45, 2.75) is 13.8 Å². The molecule has 0 radical (unpaired) electrons. The molecule has 0 atom stereocenters. The maximum absolute atomic E-state index is 12.3. The minimum Gasteiger partial charge on any atom is -0.324 e. The average Bonchev–Trinajstić information content (AvgIpc) is 2.60. The fourth-order valence-electron chi connectivity index (χ4n) is 2.37. The molecule has 0 aliphatic carbocycles. The molecule has 7 heteroatoms. The van der Waals surface area contributed by atoms with E-state index in [0.29, 0.717) is 27.2 Å². The van der Waals surface area contributed by atoms with Gasteiger partial charge >= 0.3 is 0 Å². The van der Waals surface area contributed by atoms with E-state index in [-0.39, 0.29) is 5.91 Å². The predicted molar refractivity (Wildman–Crippen MR) is 106 cm³/mol. The minimum atomic E-state index is -0.354. The quantitative estimate of drug-likeness (QED) is 0.629. The Labute approximate surface area is 161 Å². The monoisotopic (exact) mass is 386 g/mol. The molecule has 0 aliphatic rings. The van der Waals surface area contributed by atoms with Gasteiger partial charge < -0.3 is 10.6 Å². The normalized spacial score (nSPS) is 10.5. The summed E-state index contributed by atoms with van der Waals surface area (Å²) in [6.07, 6.45) is 2.91. The van der Waals surface area contributed by atoms with E-state index in [1.165, 1.54) is 18.0 Å². The van der Waals surface area contributed by atoms with E-state index in [1.54, 1.807) is 18.2 Å². The van der Waals surface area contributed by atoms with Gasteiger partial charge in [0.2, 0.25) is 5.95 Å². The average molecular weight is 387 g/mol. The molecule has 1 heterocycles. The molecule has 1 amide bonds. The molecule has 0 spiro atoms. The minimum absolute atomic E-state index is 0.321. The van der Waals surface area contributed by atoms with Crippen molar-refractivity contribution >= 4 is 46.4 Å². The highest BCUT2D eigenvalue weighted by Crippen LogP contribution is 2.26. The van der Waals surface area contributed by atoms with Crippen LogP contribution in [0.4, 0.5) is 17.3 Å². The fourth-order valence-corrected chi connectivity index (χ4v) is 2.83. The third kappa shape index (κ3) is 4.31. The Morgan fingerprint density at radius 1 is 0.962 bits per heavy atom. The molecular weight excluding hydrogens is 371 g/mol. The Balaban J connectivity index is 1.71. The number of aryl methyl sites for hydroxylation is 2. The summed E-state index contributed by atoms with van der Waals surface area (Å²) in [6, 6.07) is 10.9. The highest BCUT2D eigenvalue weighted by Gasteiger charge is 2.10. The number of halogens is 2. The van der Waals surface area contributed by atoms with Crippen LogP contribution in [-0.2, 0) is 0 Å². The van der Waals surface area contributed by atoms with Crippen molar-refractivity contribution in [1.29, 1.82) is 0 Å². The first-order chi connectivity index (χ1) is 12.4. The van der Waals surface area contributed by atoms with E-state index >= 15 is 0 Å². The van der Waals surface area contributed by atoms with Crippen LogP contribution in [0.25, 0.3) is 0 Å². The van der Waals surface area contributed by atoms with Gasteiger partial charge in [0.15, 0.2) is 0 Å². The van der Waals surface area contributed by atoms with Crippen LogP contribution in [0.1, 0.15) is 21.5 Å². The zero-order valence-electron chi connectivity index (χ0n) is 14.2. The molecule has 0 saturated heterocycles. The Kier molecular flexibility index (Phi) is 5.40. The highest BCUT2D eigenvalue weighted by molar-refractivity contribution is 6.36.